The summed E-state index contributed by atoms with van der Waals surface area (Å²) in [5.41, 5.74) is 0.277. The summed E-state index contributed by atoms with van der Waals surface area (Å²) < 4.78 is 15.8. The maximum absolute atomic E-state index is 12.5. The Bertz CT molecular complexity index is 641. The van der Waals surface area contributed by atoms with Crippen LogP contribution in [0.2, 0.25) is 0 Å². The zero-order valence-electron chi connectivity index (χ0n) is 14.7. The van der Waals surface area contributed by atoms with Crippen molar-refractivity contribution < 1.29 is 34.0 Å². The largest absolute Gasteiger partial charge is 0.467 e. The molecule has 1 aliphatic rings. The van der Waals surface area contributed by atoms with E-state index >= 15 is 0 Å². The Morgan fingerprint density at radius 1 is 1.23 bits per heavy atom. The van der Waals surface area contributed by atoms with Crippen LogP contribution in [-0.4, -0.2) is 54.2 Å². The van der Waals surface area contributed by atoms with Gasteiger partial charge >= 0.3 is 5.97 Å². The van der Waals surface area contributed by atoms with Gasteiger partial charge < -0.3 is 24.4 Å². The van der Waals surface area contributed by atoms with Crippen LogP contribution >= 0.6 is 0 Å². The van der Waals surface area contributed by atoms with E-state index < -0.39 is 30.1 Å². The minimum atomic E-state index is -1.45. The van der Waals surface area contributed by atoms with Gasteiger partial charge in [0.2, 0.25) is 0 Å². The second-order valence-electron chi connectivity index (χ2n) is 6.02. The molecular weight excluding hydrogens is 340 g/mol. The molecule has 0 aliphatic heterocycles. The van der Waals surface area contributed by atoms with E-state index in [-0.39, 0.29) is 25.2 Å². The number of hydrogen-bond donors (Lipinski definition) is 2. The minimum absolute atomic E-state index is 0.00718. The minimum Gasteiger partial charge on any atom is -0.467 e. The van der Waals surface area contributed by atoms with Crippen molar-refractivity contribution in [3.63, 3.8) is 0 Å². The summed E-state index contributed by atoms with van der Waals surface area (Å²) in [6.07, 6.45) is 1.29. The van der Waals surface area contributed by atoms with Gasteiger partial charge in [0.05, 0.1) is 0 Å². The van der Waals surface area contributed by atoms with Crippen molar-refractivity contribution in [1.82, 2.24) is 0 Å². The van der Waals surface area contributed by atoms with Gasteiger partial charge in [-0.05, 0) is 31.4 Å². The van der Waals surface area contributed by atoms with E-state index in [1.54, 1.807) is 30.3 Å². The number of para-hydroxylation sites is 1. The lowest BCUT2D eigenvalue weighted by molar-refractivity contribution is -0.131. The second kappa shape index (κ2) is 10.1. The third-order valence-corrected chi connectivity index (χ3v) is 4.07. The Kier molecular flexibility index (Phi) is 7.77. The number of methoxy groups -OCH3 is 1. The van der Waals surface area contributed by atoms with Gasteiger partial charge in [-0.2, -0.15) is 0 Å². The highest BCUT2D eigenvalue weighted by Gasteiger charge is 2.25. The molecule has 0 fully saturated rings. The molecular formula is C19H24O7. The Morgan fingerprint density at radius 3 is 2.77 bits per heavy atom. The van der Waals surface area contributed by atoms with Gasteiger partial charge in [0.1, 0.15) is 29.6 Å². The molecule has 0 amide bonds. The van der Waals surface area contributed by atoms with Crippen LogP contribution in [0.3, 0.4) is 0 Å². The fourth-order valence-corrected chi connectivity index (χ4v) is 2.63. The molecule has 3 atom stereocenters. The smallest absolute Gasteiger partial charge is 0.342 e. The highest BCUT2D eigenvalue weighted by atomic mass is 16.7. The average molecular weight is 364 g/mol. The molecule has 142 valence electrons. The van der Waals surface area contributed by atoms with Gasteiger partial charge in [-0.15, -0.1) is 0 Å². The molecule has 0 bridgehead atoms. The Morgan fingerprint density at radius 2 is 2.00 bits per heavy atom. The number of rotatable bonds is 5. The number of benzene rings is 1. The molecule has 0 radical (unpaired) electrons. The van der Waals surface area contributed by atoms with E-state index in [9.17, 15) is 19.8 Å². The van der Waals surface area contributed by atoms with Gasteiger partial charge in [0.25, 0.3) is 0 Å². The van der Waals surface area contributed by atoms with E-state index in [1.807, 2.05) is 0 Å². The molecule has 1 aromatic rings. The molecule has 1 aliphatic carbocycles. The van der Waals surface area contributed by atoms with E-state index in [1.165, 1.54) is 13.2 Å². The summed E-state index contributed by atoms with van der Waals surface area (Å²) in [5, 5.41) is 19.4. The first-order chi connectivity index (χ1) is 12.5. The monoisotopic (exact) mass is 364 g/mol. The van der Waals surface area contributed by atoms with Crippen molar-refractivity contribution in [3.05, 3.63) is 42.0 Å². The highest BCUT2D eigenvalue weighted by molar-refractivity contribution is 5.92. The standard InChI is InChI=1S/C19H24O7/c1-24-12-25-17-9-5-3-7-14(17)19(23)26-13-6-2-4-8-15(20)18(22)16(21)11-10-13/h3-5,7-9,13,15,18,20,22H,2,6,10-12H2,1H3. The van der Waals surface area contributed by atoms with E-state index in [0.717, 1.165) is 0 Å². The first-order valence-corrected chi connectivity index (χ1v) is 8.50. The van der Waals surface area contributed by atoms with Crippen molar-refractivity contribution in [2.75, 3.05) is 13.9 Å². The third-order valence-electron chi connectivity index (χ3n) is 4.07. The fourth-order valence-electron chi connectivity index (χ4n) is 2.63. The van der Waals surface area contributed by atoms with Crippen LogP contribution in [-0.2, 0) is 14.3 Å². The third kappa shape index (κ3) is 5.66. The lowest BCUT2D eigenvalue weighted by Crippen LogP contribution is -2.33. The molecule has 0 spiro atoms. The predicted molar refractivity (Wildman–Crippen MR) is 92.8 cm³/mol. The zero-order valence-corrected chi connectivity index (χ0v) is 14.7. The summed E-state index contributed by atoms with van der Waals surface area (Å²) in [7, 11) is 1.48. The number of Topliss-reactive ketones (excluding diaryl/α,β-unsaturated/α-hetero) is 1. The Balaban J connectivity index is 2.05. The summed E-state index contributed by atoms with van der Waals surface area (Å²) in [4.78, 5) is 24.4. The molecule has 0 saturated heterocycles. The quantitative estimate of drug-likeness (QED) is 0.465. The van der Waals surface area contributed by atoms with Crippen LogP contribution in [0, 0.1) is 0 Å². The maximum Gasteiger partial charge on any atom is 0.342 e. The molecule has 7 nitrogen and oxygen atoms in total. The summed E-state index contributed by atoms with van der Waals surface area (Å²) >= 11 is 0. The van der Waals surface area contributed by atoms with Gasteiger partial charge in [-0.25, -0.2) is 4.79 Å². The SMILES string of the molecule is COCOc1ccccc1C(=O)OC1CCC=CC(O)C(O)C(=O)CC1. The van der Waals surface area contributed by atoms with Crippen molar-refractivity contribution in [3.8, 4) is 5.75 Å². The van der Waals surface area contributed by atoms with Crippen LogP contribution in [0.1, 0.15) is 36.0 Å². The molecule has 0 saturated carbocycles. The number of aliphatic hydroxyl groups excluding tert-OH is 2. The van der Waals surface area contributed by atoms with Crippen molar-refractivity contribution in [2.24, 2.45) is 0 Å². The summed E-state index contributed by atoms with van der Waals surface area (Å²) in [5.74, 6) is -0.668. The molecule has 2 rings (SSSR count). The normalized spacial score (nSPS) is 24.1. The Hall–Kier alpha value is -2.22. The molecule has 0 aromatic heterocycles. The first-order valence-electron chi connectivity index (χ1n) is 8.50. The number of aliphatic hydroxyl groups is 2. The molecule has 2 N–H and O–H groups in total. The Labute approximate surface area is 152 Å². The maximum atomic E-state index is 12.5. The lowest BCUT2D eigenvalue weighted by Gasteiger charge is -2.21. The predicted octanol–water partition coefficient (Wildman–Crippen LogP) is 1.62. The van der Waals surface area contributed by atoms with Crippen LogP contribution in [0.5, 0.6) is 5.75 Å². The van der Waals surface area contributed by atoms with Crippen LogP contribution in [0.15, 0.2) is 36.4 Å². The lowest BCUT2D eigenvalue weighted by atomic mass is 9.98. The van der Waals surface area contributed by atoms with Crippen molar-refractivity contribution in [1.29, 1.82) is 0 Å². The second-order valence-corrected chi connectivity index (χ2v) is 6.02. The van der Waals surface area contributed by atoms with E-state index in [4.69, 9.17) is 14.2 Å². The molecule has 0 heterocycles. The van der Waals surface area contributed by atoms with E-state index in [0.29, 0.717) is 18.6 Å². The van der Waals surface area contributed by atoms with Crippen LogP contribution < -0.4 is 4.74 Å². The van der Waals surface area contributed by atoms with E-state index in [2.05, 4.69) is 0 Å². The molecule has 3 unspecified atom stereocenters. The molecule has 1 aromatic carbocycles. The number of allylic oxidation sites excluding steroid dienone is 1. The fraction of sp³-hybridized carbons (Fsp3) is 0.474. The first kappa shape index (κ1) is 20.1. The van der Waals surface area contributed by atoms with Crippen LogP contribution in [0.4, 0.5) is 0 Å². The number of carbonyl (C=O) groups excluding carboxylic acids is 2. The van der Waals surface area contributed by atoms with Gasteiger partial charge in [0, 0.05) is 13.5 Å². The van der Waals surface area contributed by atoms with Gasteiger partial charge in [0.15, 0.2) is 12.6 Å². The molecule has 7 heteroatoms. The van der Waals surface area contributed by atoms with Gasteiger partial charge in [-0.1, -0.05) is 24.3 Å². The van der Waals surface area contributed by atoms with Crippen LogP contribution in [0.25, 0.3) is 0 Å². The molecule has 26 heavy (non-hydrogen) atoms. The summed E-state index contributed by atoms with van der Waals surface area (Å²) in [6.45, 7) is 0.00718. The number of ketones is 1. The number of esters is 1. The topological polar surface area (TPSA) is 102 Å². The highest BCUT2D eigenvalue weighted by Crippen LogP contribution is 2.22. The number of ether oxygens (including phenoxy) is 3. The zero-order chi connectivity index (χ0) is 18.9. The number of hydrogen-bond acceptors (Lipinski definition) is 7. The van der Waals surface area contributed by atoms with Crippen molar-refractivity contribution >= 4 is 11.8 Å². The average Bonchev–Trinajstić information content (AvgIpc) is 2.65. The van der Waals surface area contributed by atoms with Gasteiger partial charge in [-0.3, -0.25) is 4.79 Å². The van der Waals surface area contributed by atoms with Crippen molar-refractivity contribution in [2.45, 2.75) is 44.0 Å². The summed E-state index contributed by atoms with van der Waals surface area (Å²) in [6, 6.07) is 6.68. The number of carbonyl (C=O) groups is 2.